The number of phenols is 1. The third-order valence-corrected chi connectivity index (χ3v) is 6.63. The fraction of sp³-hybridized carbons (Fsp3) is 0.222. The number of ketones is 1. The molecule has 1 aliphatic carbocycles. The monoisotopic (exact) mass is 425 g/mol. The zero-order valence-corrected chi connectivity index (χ0v) is 17.7. The molecule has 0 spiro atoms. The summed E-state index contributed by atoms with van der Waals surface area (Å²) in [6.45, 7) is 1.71. The number of aromatic hydroxyl groups is 1. The van der Waals surface area contributed by atoms with Crippen LogP contribution in [0.15, 0.2) is 83.0 Å². The van der Waals surface area contributed by atoms with Crippen molar-refractivity contribution in [3.63, 3.8) is 0 Å². The van der Waals surface area contributed by atoms with E-state index in [1.54, 1.807) is 25.1 Å². The van der Waals surface area contributed by atoms with Crippen LogP contribution in [-0.2, 0) is 9.59 Å². The molecule has 5 nitrogen and oxygen atoms in total. The molecular weight excluding hydrogens is 402 g/mol. The highest BCUT2D eigenvalue weighted by Crippen LogP contribution is 2.47. The molecule has 32 heavy (non-hydrogen) atoms. The first-order valence-electron chi connectivity index (χ1n) is 10.7. The summed E-state index contributed by atoms with van der Waals surface area (Å²) in [5.74, 6) is -2.63. The number of Topliss-reactive ketones (excluding diaryl/α,β-unsaturated/α-hetero) is 1. The lowest BCUT2D eigenvalue weighted by atomic mass is 9.69. The molecule has 0 saturated carbocycles. The van der Waals surface area contributed by atoms with Gasteiger partial charge in [-0.2, -0.15) is 0 Å². The molecule has 5 heteroatoms. The van der Waals surface area contributed by atoms with Crippen LogP contribution in [0.3, 0.4) is 0 Å². The summed E-state index contributed by atoms with van der Waals surface area (Å²) in [7, 11) is 0. The van der Waals surface area contributed by atoms with Crippen molar-refractivity contribution in [3.8, 4) is 5.75 Å². The minimum absolute atomic E-state index is 0.00592. The number of allylic oxidation sites excluding steroid dienone is 2. The van der Waals surface area contributed by atoms with Crippen LogP contribution in [0.4, 0.5) is 0 Å². The number of carbonyl (C=O) groups excluding carboxylic acids is 1. The minimum atomic E-state index is -1.02. The van der Waals surface area contributed by atoms with Gasteiger partial charge in [0, 0.05) is 29.3 Å². The Morgan fingerprint density at radius 2 is 1.72 bits per heavy atom. The second kappa shape index (κ2) is 7.75. The van der Waals surface area contributed by atoms with E-state index in [0.29, 0.717) is 35.4 Å². The maximum Gasteiger partial charge on any atom is 0.313 e. The van der Waals surface area contributed by atoms with Gasteiger partial charge in [0.25, 0.3) is 0 Å². The largest absolute Gasteiger partial charge is 0.508 e. The maximum absolute atomic E-state index is 13.4. The maximum atomic E-state index is 13.4. The third-order valence-electron chi connectivity index (χ3n) is 6.63. The van der Waals surface area contributed by atoms with Gasteiger partial charge >= 0.3 is 5.97 Å². The summed E-state index contributed by atoms with van der Waals surface area (Å²) in [5, 5.41) is 22.2. The van der Waals surface area contributed by atoms with Gasteiger partial charge < -0.3 is 10.2 Å². The Bertz CT molecular complexity index is 1320. The summed E-state index contributed by atoms with van der Waals surface area (Å²) in [6, 6.07) is 20.9. The second-order valence-corrected chi connectivity index (χ2v) is 8.64. The molecule has 0 fully saturated rings. The number of carboxylic acid groups (broad SMARTS) is 1. The van der Waals surface area contributed by atoms with Crippen LogP contribution in [0.5, 0.6) is 5.75 Å². The molecule has 0 radical (unpaired) electrons. The van der Waals surface area contributed by atoms with E-state index in [9.17, 15) is 19.8 Å². The number of hydrogen-bond donors (Lipinski definition) is 2. The van der Waals surface area contributed by atoms with E-state index < -0.39 is 17.8 Å². The Morgan fingerprint density at radius 3 is 2.47 bits per heavy atom. The average Bonchev–Trinajstić information content (AvgIpc) is 2.77. The smallest absolute Gasteiger partial charge is 0.313 e. The van der Waals surface area contributed by atoms with Crippen molar-refractivity contribution in [1.82, 2.24) is 0 Å². The molecule has 1 heterocycles. The van der Waals surface area contributed by atoms with Crippen molar-refractivity contribution < 1.29 is 19.8 Å². The predicted octanol–water partition coefficient (Wildman–Crippen LogP) is 5.21. The van der Waals surface area contributed by atoms with Crippen LogP contribution >= 0.6 is 0 Å². The Balaban J connectivity index is 1.59. The lowest BCUT2D eigenvalue weighted by molar-refractivity contribution is -0.139. The number of fused-ring (bicyclic) bond motifs is 1. The highest BCUT2D eigenvalue weighted by atomic mass is 16.4. The normalized spacial score (nSPS) is 23.1. The predicted molar refractivity (Wildman–Crippen MR) is 123 cm³/mol. The fourth-order valence-electron chi connectivity index (χ4n) is 5.16. The molecule has 5 rings (SSSR count). The van der Waals surface area contributed by atoms with Gasteiger partial charge in [0.2, 0.25) is 0 Å². The van der Waals surface area contributed by atoms with Crippen LogP contribution in [-0.4, -0.2) is 27.7 Å². The number of nitrogens with zero attached hydrogens (tertiary/aromatic N) is 1. The van der Waals surface area contributed by atoms with Crippen molar-refractivity contribution in [2.24, 2.45) is 10.9 Å². The standard InChI is InChI=1S/C27H23NO4/c1-15-24(27(31)32)25(19-7-4-8-21(29)12-19)26-22(28-15)13-20(14-23(26)30)18-10-9-16-5-2-3-6-17(16)11-18/h2-12,20,24-25,29H,13-14H2,1H3,(H,31,32). The van der Waals surface area contributed by atoms with E-state index in [4.69, 9.17) is 0 Å². The topological polar surface area (TPSA) is 87.0 Å². The summed E-state index contributed by atoms with van der Waals surface area (Å²) in [5.41, 5.74) is 3.34. The van der Waals surface area contributed by atoms with Crippen LogP contribution in [0, 0.1) is 5.92 Å². The molecule has 0 amide bonds. The number of aliphatic carboxylic acids is 1. The molecule has 3 aromatic rings. The van der Waals surface area contributed by atoms with E-state index in [0.717, 1.165) is 16.3 Å². The van der Waals surface area contributed by atoms with Crippen molar-refractivity contribution in [1.29, 1.82) is 0 Å². The summed E-state index contributed by atoms with van der Waals surface area (Å²) >= 11 is 0. The lowest BCUT2D eigenvalue weighted by Gasteiger charge is -2.36. The van der Waals surface area contributed by atoms with Gasteiger partial charge in [-0.1, -0.05) is 54.6 Å². The van der Waals surface area contributed by atoms with E-state index in [2.05, 4.69) is 35.3 Å². The number of carboxylic acids is 1. The Labute approximate surface area is 185 Å². The molecule has 160 valence electrons. The molecule has 0 saturated heterocycles. The third kappa shape index (κ3) is 3.40. The molecule has 3 unspecified atom stereocenters. The van der Waals surface area contributed by atoms with Gasteiger partial charge in [-0.3, -0.25) is 14.6 Å². The number of hydrogen-bond acceptors (Lipinski definition) is 4. The zero-order valence-electron chi connectivity index (χ0n) is 17.7. The molecule has 3 atom stereocenters. The molecule has 2 aliphatic rings. The van der Waals surface area contributed by atoms with Gasteiger partial charge in [0.05, 0.1) is 0 Å². The SMILES string of the molecule is CC1=NC2=C(C(=O)CC(c3ccc4ccccc4c3)C2)C(c2cccc(O)c2)C1C(=O)O. The molecule has 2 N–H and O–H groups in total. The van der Waals surface area contributed by atoms with Gasteiger partial charge in [-0.25, -0.2) is 0 Å². The molecule has 0 bridgehead atoms. The number of benzene rings is 3. The molecule has 1 aliphatic heterocycles. The molecule has 3 aromatic carbocycles. The highest BCUT2D eigenvalue weighted by Gasteiger charge is 2.44. The van der Waals surface area contributed by atoms with Crippen LogP contribution in [0.25, 0.3) is 10.8 Å². The minimum Gasteiger partial charge on any atom is -0.508 e. The first kappa shape index (κ1) is 20.2. The quantitative estimate of drug-likeness (QED) is 0.603. The van der Waals surface area contributed by atoms with Crippen LogP contribution in [0.2, 0.25) is 0 Å². The highest BCUT2D eigenvalue weighted by molar-refractivity contribution is 6.08. The van der Waals surface area contributed by atoms with E-state index in [1.165, 1.54) is 6.07 Å². The van der Waals surface area contributed by atoms with Crippen molar-refractivity contribution in [3.05, 3.63) is 89.1 Å². The van der Waals surface area contributed by atoms with Crippen molar-refractivity contribution in [2.45, 2.75) is 31.6 Å². The van der Waals surface area contributed by atoms with E-state index >= 15 is 0 Å². The Kier molecular flexibility index (Phi) is 4.89. The Hall–Kier alpha value is -3.73. The van der Waals surface area contributed by atoms with Crippen molar-refractivity contribution >= 4 is 28.2 Å². The first-order valence-corrected chi connectivity index (χ1v) is 10.7. The summed E-state index contributed by atoms with van der Waals surface area (Å²) in [6.07, 6.45) is 0.895. The molecular formula is C27H23NO4. The van der Waals surface area contributed by atoms with Gasteiger partial charge in [-0.05, 0) is 53.3 Å². The van der Waals surface area contributed by atoms with Crippen molar-refractivity contribution in [2.75, 3.05) is 0 Å². The lowest BCUT2D eigenvalue weighted by Crippen LogP contribution is -2.37. The van der Waals surface area contributed by atoms with Gasteiger partial charge in [-0.15, -0.1) is 0 Å². The van der Waals surface area contributed by atoms with Crippen LogP contribution < -0.4 is 0 Å². The van der Waals surface area contributed by atoms with Gasteiger partial charge in [0.15, 0.2) is 5.78 Å². The number of rotatable bonds is 3. The van der Waals surface area contributed by atoms with Gasteiger partial charge in [0.1, 0.15) is 11.7 Å². The molecule has 0 aromatic heterocycles. The Morgan fingerprint density at radius 1 is 0.938 bits per heavy atom. The average molecular weight is 425 g/mol. The summed E-state index contributed by atoms with van der Waals surface area (Å²) in [4.78, 5) is 30.2. The fourth-order valence-corrected chi connectivity index (χ4v) is 5.16. The number of phenolic OH excluding ortho intramolecular Hbond substituents is 1. The number of aliphatic imine (C=N–C) groups is 1. The second-order valence-electron chi connectivity index (χ2n) is 8.64. The zero-order chi connectivity index (χ0) is 22.4. The number of carbonyl (C=O) groups is 2. The van der Waals surface area contributed by atoms with Crippen LogP contribution in [0.1, 0.15) is 42.7 Å². The first-order chi connectivity index (χ1) is 15.4. The van der Waals surface area contributed by atoms with E-state index in [1.807, 2.05) is 12.1 Å². The summed E-state index contributed by atoms with van der Waals surface area (Å²) < 4.78 is 0. The van der Waals surface area contributed by atoms with E-state index in [-0.39, 0.29) is 17.5 Å².